The lowest BCUT2D eigenvalue weighted by molar-refractivity contribution is -0.142. The van der Waals surface area contributed by atoms with Gasteiger partial charge in [0, 0.05) is 12.1 Å². The van der Waals surface area contributed by atoms with Crippen molar-refractivity contribution in [1.82, 2.24) is 9.38 Å². The fourth-order valence-electron chi connectivity index (χ4n) is 2.80. The number of hydrogen-bond acceptors (Lipinski definition) is 1. The fourth-order valence-corrected chi connectivity index (χ4v) is 2.80. The van der Waals surface area contributed by atoms with Crippen LogP contribution in [0.4, 0.5) is 13.2 Å². The zero-order valence-electron chi connectivity index (χ0n) is 10.8. The first-order chi connectivity index (χ1) is 8.84. The molecule has 0 atom stereocenters. The summed E-state index contributed by atoms with van der Waals surface area (Å²) in [6.07, 6.45) is -0.766. The van der Waals surface area contributed by atoms with E-state index in [4.69, 9.17) is 0 Å². The predicted octanol–water partition coefficient (Wildman–Crippen LogP) is 4.18. The third kappa shape index (κ3) is 2.11. The molecule has 19 heavy (non-hydrogen) atoms. The van der Waals surface area contributed by atoms with Crippen molar-refractivity contribution in [3.8, 4) is 0 Å². The van der Waals surface area contributed by atoms with Crippen LogP contribution in [0.3, 0.4) is 0 Å². The van der Waals surface area contributed by atoms with Crippen molar-refractivity contribution in [3.05, 3.63) is 35.3 Å². The largest absolute Gasteiger partial charge is 0.431 e. The van der Waals surface area contributed by atoms with Crippen LogP contribution in [-0.2, 0) is 6.18 Å². The number of hydrogen-bond donors (Lipinski definition) is 0. The van der Waals surface area contributed by atoms with Gasteiger partial charge in [0.1, 0.15) is 11.3 Å². The number of rotatable bonds is 1. The molecule has 2 heterocycles. The maximum atomic E-state index is 13.0. The molecule has 102 valence electrons. The van der Waals surface area contributed by atoms with Gasteiger partial charge in [-0.25, -0.2) is 4.98 Å². The van der Waals surface area contributed by atoms with E-state index in [1.165, 1.54) is 10.5 Å². The summed E-state index contributed by atoms with van der Waals surface area (Å²) < 4.78 is 40.2. The van der Waals surface area contributed by atoms with Crippen LogP contribution in [0.25, 0.3) is 5.65 Å². The summed E-state index contributed by atoms with van der Waals surface area (Å²) in [7, 11) is 0. The summed E-state index contributed by atoms with van der Waals surface area (Å²) in [6, 6.07) is 2.86. The Kier molecular flexibility index (Phi) is 2.62. The molecule has 2 aromatic heterocycles. The topological polar surface area (TPSA) is 17.3 Å². The summed E-state index contributed by atoms with van der Waals surface area (Å²) in [5.41, 5.74) is 1.11. The van der Waals surface area contributed by atoms with Gasteiger partial charge in [-0.05, 0) is 43.4 Å². The van der Waals surface area contributed by atoms with E-state index in [-0.39, 0.29) is 0 Å². The van der Waals surface area contributed by atoms with Gasteiger partial charge in [0.2, 0.25) is 0 Å². The van der Waals surface area contributed by atoms with Crippen LogP contribution in [0.2, 0.25) is 0 Å². The summed E-state index contributed by atoms with van der Waals surface area (Å²) >= 11 is 0. The van der Waals surface area contributed by atoms with Crippen LogP contribution in [0.5, 0.6) is 0 Å². The monoisotopic (exact) mass is 268 g/mol. The van der Waals surface area contributed by atoms with Crippen LogP contribution in [0.1, 0.15) is 42.6 Å². The normalized spacial score (nSPS) is 23.6. The number of halogens is 3. The van der Waals surface area contributed by atoms with Crippen molar-refractivity contribution in [2.24, 2.45) is 5.92 Å². The van der Waals surface area contributed by atoms with Crippen LogP contribution in [0, 0.1) is 12.8 Å². The molecule has 2 aromatic rings. The van der Waals surface area contributed by atoms with Gasteiger partial charge >= 0.3 is 6.18 Å². The maximum absolute atomic E-state index is 13.0. The summed E-state index contributed by atoms with van der Waals surface area (Å²) in [4.78, 5) is 4.37. The van der Waals surface area contributed by atoms with Gasteiger partial charge in [-0.3, -0.25) is 4.40 Å². The molecule has 0 bridgehead atoms. The van der Waals surface area contributed by atoms with Crippen molar-refractivity contribution in [1.29, 1.82) is 0 Å². The molecule has 0 spiro atoms. The average Bonchev–Trinajstić information content (AvgIpc) is 2.65. The second-order valence-corrected chi connectivity index (χ2v) is 5.58. The molecule has 1 fully saturated rings. The number of aromatic nitrogens is 2. The van der Waals surface area contributed by atoms with E-state index in [2.05, 4.69) is 11.9 Å². The molecule has 0 aliphatic heterocycles. The minimum atomic E-state index is -4.35. The highest BCUT2D eigenvalue weighted by Crippen LogP contribution is 2.41. The van der Waals surface area contributed by atoms with E-state index in [0.717, 1.165) is 18.5 Å². The molecular weight excluding hydrogens is 253 g/mol. The molecule has 1 saturated carbocycles. The van der Waals surface area contributed by atoms with Gasteiger partial charge in [-0.15, -0.1) is 0 Å². The van der Waals surface area contributed by atoms with Crippen LogP contribution >= 0.6 is 0 Å². The van der Waals surface area contributed by atoms with Crippen molar-refractivity contribution in [3.63, 3.8) is 0 Å². The highest BCUT2D eigenvalue weighted by atomic mass is 19.4. The van der Waals surface area contributed by atoms with E-state index in [1.807, 2.05) is 0 Å². The highest BCUT2D eigenvalue weighted by molar-refractivity contribution is 5.46. The standard InChI is InChI=1S/C14H15F3N2/c1-8-3-10(4-8)11-7-19-12(14(15,16)17)5-9(2)6-13(19)18-11/h5-8,10H,3-4H2,1-2H3. The predicted molar refractivity (Wildman–Crippen MR) is 66.1 cm³/mol. The van der Waals surface area contributed by atoms with Crippen molar-refractivity contribution < 1.29 is 13.2 Å². The molecule has 0 amide bonds. The molecule has 0 radical (unpaired) electrons. The summed E-state index contributed by atoms with van der Waals surface area (Å²) in [5, 5.41) is 0. The molecule has 5 heteroatoms. The van der Waals surface area contributed by atoms with Gasteiger partial charge in [0.15, 0.2) is 0 Å². The van der Waals surface area contributed by atoms with Crippen LogP contribution < -0.4 is 0 Å². The van der Waals surface area contributed by atoms with Crippen molar-refractivity contribution >= 4 is 5.65 Å². The molecule has 0 unspecified atom stereocenters. The minimum Gasteiger partial charge on any atom is -0.295 e. The average molecular weight is 268 g/mol. The van der Waals surface area contributed by atoms with Crippen LogP contribution in [0.15, 0.2) is 18.3 Å². The zero-order valence-corrected chi connectivity index (χ0v) is 10.8. The smallest absolute Gasteiger partial charge is 0.295 e. The number of nitrogens with zero attached hydrogens (tertiary/aromatic N) is 2. The molecule has 0 aromatic carbocycles. The lowest BCUT2D eigenvalue weighted by Crippen LogP contribution is -2.19. The lowest BCUT2D eigenvalue weighted by Gasteiger charge is -2.31. The van der Waals surface area contributed by atoms with Crippen LogP contribution in [-0.4, -0.2) is 9.38 Å². The molecular formula is C14H15F3N2. The van der Waals surface area contributed by atoms with E-state index in [1.54, 1.807) is 19.2 Å². The second kappa shape index (κ2) is 3.99. The Bertz CT molecular complexity index is 621. The highest BCUT2D eigenvalue weighted by Gasteiger charge is 2.35. The molecule has 1 aliphatic carbocycles. The third-order valence-corrected chi connectivity index (χ3v) is 3.82. The van der Waals surface area contributed by atoms with Crippen molar-refractivity contribution in [2.75, 3.05) is 0 Å². The maximum Gasteiger partial charge on any atom is 0.431 e. The first-order valence-electron chi connectivity index (χ1n) is 6.41. The fraction of sp³-hybridized carbons (Fsp3) is 0.500. The molecule has 0 N–H and O–H groups in total. The number of imidazole rings is 1. The number of pyridine rings is 1. The Labute approximate surface area is 109 Å². The Hall–Kier alpha value is -1.52. The SMILES string of the molecule is Cc1cc(C(F)(F)F)n2cc(C3CC(C)C3)nc2c1. The number of alkyl halides is 3. The van der Waals surface area contributed by atoms with Gasteiger partial charge in [-0.1, -0.05) is 6.92 Å². The Balaban J connectivity index is 2.11. The third-order valence-electron chi connectivity index (χ3n) is 3.82. The molecule has 0 saturated heterocycles. The van der Waals surface area contributed by atoms with Gasteiger partial charge in [-0.2, -0.15) is 13.2 Å². The van der Waals surface area contributed by atoms with Gasteiger partial charge in [0.05, 0.1) is 5.69 Å². The molecule has 2 nitrogen and oxygen atoms in total. The van der Waals surface area contributed by atoms with E-state index in [9.17, 15) is 13.2 Å². The van der Waals surface area contributed by atoms with Crippen molar-refractivity contribution in [2.45, 2.75) is 38.8 Å². The first kappa shape index (κ1) is 12.5. The molecule has 3 rings (SSSR count). The zero-order chi connectivity index (χ0) is 13.8. The quantitative estimate of drug-likeness (QED) is 0.758. The minimum absolute atomic E-state index is 0.316. The van der Waals surface area contributed by atoms with Gasteiger partial charge in [0.25, 0.3) is 0 Å². The Morgan fingerprint density at radius 3 is 2.53 bits per heavy atom. The Morgan fingerprint density at radius 2 is 1.95 bits per heavy atom. The van der Waals surface area contributed by atoms with E-state index in [0.29, 0.717) is 23.0 Å². The summed E-state index contributed by atoms with van der Waals surface area (Å²) in [6.45, 7) is 3.81. The lowest BCUT2D eigenvalue weighted by atomic mass is 9.75. The van der Waals surface area contributed by atoms with E-state index >= 15 is 0 Å². The van der Waals surface area contributed by atoms with E-state index < -0.39 is 11.9 Å². The number of fused-ring (bicyclic) bond motifs is 1. The van der Waals surface area contributed by atoms with Gasteiger partial charge < -0.3 is 0 Å². The molecule has 1 aliphatic rings. The summed E-state index contributed by atoms with van der Waals surface area (Å²) in [5.74, 6) is 0.968. The number of aryl methyl sites for hydroxylation is 1. The second-order valence-electron chi connectivity index (χ2n) is 5.58. The first-order valence-corrected chi connectivity index (χ1v) is 6.41. The Morgan fingerprint density at radius 1 is 1.26 bits per heavy atom.